The molecule has 0 bridgehead atoms. The summed E-state index contributed by atoms with van der Waals surface area (Å²) in [6.45, 7) is 0. The molecule has 2 aromatic carbocycles. The molecule has 0 amide bonds. The van der Waals surface area contributed by atoms with Crippen LogP contribution in [-0.4, -0.2) is 5.11 Å². The fraction of sp³-hybridized carbons (Fsp3) is 0.143. The first-order chi connectivity index (χ1) is 8.88. The van der Waals surface area contributed by atoms with E-state index in [1.807, 2.05) is 0 Å². The van der Waals surface area contributed by atoms with Gasteiger partial charge in [0.2, 0.25) is 0 Å². The molecular weight excluding hydrogens is 277 g/mol. The van der Waals surface area contributed by atoms with Gasteiger partial charge < -0.3 is 5.11 Å². The maximum absolute atomic E-state index is 12.4. The van der Waals surface area contributed by atoms with Gasteiger partial charge in [-0.3, -0.25) is 0 Å². The van der Waals surface area contributed by atoms with Crippen molar-refractivity contribution in [2.24, 2.45) is 0 Å². The lowest BCUT2D eigenvalue weighted by Crippen LogP contribution is -2.03. The predicted molar refractivity (Wildman–Crippen MR) is 67.7 cm³/mol. The van der Waals surface area contributed by atoms with E-state index in [1.54, 1.807) is 24.3 Å². The van der Waals surface area contributed by atoms with Crippen LogP contribution in [0.4, 0.5) is 13.2 Å². The standard InChI is InChI=1S/C14H10ClF3O/c15-13(19)11-3-1-9(2-4-11)10-5-7-12(8-6-10)14(16,17)18/h1-8,13,19H. The summed E-state index contributed by atoms with van der Waals surface area (Å²) in [7, 11) is 0. The summed E-state index contributed by atoms with van der Waals surface area (Å²) in [6.07, 6.45) is -4.33. The van der Waals surface area contributed by atoms with Crippen LogP contribution in [0.1, 0.15) is 16.7 Å². The lowest BCUT2D eigenvalue weighted by molar-refractivity contribution is -0.137. The molecule has 0 spiro atoms. The van der Waals surface area contributed by atoms with Crippen molar-refractivity contribution < 1.29 is 18.3 Å². The average molecular weight is 287 g/mol. The molecule has 100 valence electrons. The van der Waals surface area contributed by atoms with Crippen LogP contribution in [0.15, 0.2) is 48.5 Å². The van der Waals surface area contributed by atoms with Crippen molar-refractivity contribution >= 4 is 11.6 Å². The van der Waals surface area contributed by atoms with Gasteiger partial charge in [0.1, 0.15) is 0 Å². The molecular formula is C14H10ClF3O. The van der Waals surface area contributed by atoms with Crippen LogP contribution in [0.3, 0.4) is 0 Å². The Morgan fingerprint density at radius 1 is 0.842 bits per heavy atom. The van der Waals surface area contributed by atoms with Crippen molar-refractivity contribution in [3.63, 3.8) is 0 Å². The quantitative estimate of drug-likeness (QED) is 0.800. The van der Waals surface area contributed by atoms with E-state index in [1.165, 1.54) is 12.1 Å². The Labute approximate surface area is 113 Å². The van der Waals surface area contributed by atoms with Crippen LogP contribution in [0, 0.1) is 0 Å². The van der Waals surface area contributed by atoms with Crippen LogP contribution in [-0.2, 0) is 6.18 Å². The van der Waals surface area contributed by atoms with Crippen molar-refractivity contribution in [1.29, 1.82) is 0 Å². The second-order valence-corrected chi connectivity index (χ2v) is 4.45. The molecule has 1 nitrogen and oxygen atoms in total. The van der Waals surface area contributed by atoms with Gasteiger partial charge in [-0.2, -0.15) is 13.2 Å². The minimum atomic E-state index is -4.33. The molecule has 19 heavy (non-hydrogen) atoms. The Hall–Kier alpha value is -1.52. The monoisotopic (exact) mass is 286 g/mol. The zero-order chi connectivity index (χ0) is 14.0. The molecule has 0 aliphatic rings. The van der Waals surface area contributed by atoms with E-state index in [0.717, 1.165) is 17.7 Å². The third-order valence-corrected chi connectivity index (χ3v) is 2.98. The highest BCUT2D eigenvalue weighted by Gasteiger charge is 2.29. The molecule has 2 aromatic rings. The first kappa shape index (κ1) is 13.9. The summed E-state index contributed by atoms with van der Waals surface area (Å²) in [5.74, 6) is 0. The maximum atomic E-state index is 12.4. The van der Waals surface area contributed by atoms with E-state index in [9.17, 15) is 13.2 Å². The lowest BCUT2D eigenvalue weighted by atomic mass is 10.0. The summed E-state index contributed by atoms with van der Waals surface area (Å²) in [6, 6.07) is 11.6. The van der Waals surface area contributed by atoms with E-state index >= 15 is 0 Å². The molecule has 0 radical (unpaired) electrons. The summed E-state index contributed by atoms with van der Waals surface area (Å²) in [5.41, 5.74) is 0.210. The number of aliphatic hydroxyl groups excluding tert-OH is 1. The SMILES string of the molecule is OC(Cl)c1ccc(-c2ccc(C(F)(F)F)cc2)cc1. The van der Waals surface area contributed by atoms with E-state index in [4.69, 9.17) is 16.7 Å². The van der Waals surface area contributed by atoms with Crippen LogP contribution in [0.2, 0.25) is 0 Å². The number of hydrogen-bond acceptors (Lipinski definition) is 1. The fourth-order valence-electron chi connectivity index (χ4n) is 1.69. The summed E-state index contributed by atoms with van der Waals surface area (Å²) in [4.78, 5) is 0. The Kier molecular flexibility index (Phi) is 3.83. The number of halogens is 4. The lowest BCUT2D eigenvalue weighted by Gasteiger charge is -2.08. The molecule has 1 unspecified atom stereocenters. The van der Waals surface area contributed by atoms with Gasteiger partial charge in [-0.05, 0) is 28.8 Å². The maximum Gasteiger partial charge on any atom is 0.416 e. The highest BCUT2D eigenvalue weighted by molar-refractivity contribution is 6.19. The second-order valence-electron chi connectivity index (χ2n) is 4.03. The zero-order valence-electron chi connectivity index (χ0n) is 9.66. The number of hydrogen-bond donors (Lipinski definition) is 1. The fourth-order valence-corrected chi connectivity index (χ4v) is 1.83. The Balaban J connectivity index is 2.27. The van der Waals surface area contributed by atoms with Gasteiger partial charge in [-0.25, -0.2) is 0 Å². The molecule has 1 N–H and O–H groups in total. The van der Waals surface area contributed by atoms with Crippen molar-refractivity contribution in [2.75, 3.05) is 0 Å². The highest BCUT2D eigenvalue weighted by Crippen LogP contribution is 2.31. The minimum Gasteiger partial charge on any atom is -0.373 e. The third kappa shape index (κ3) is 3.28. The van der Waals surface area contributed by atoms with Crippen molar-refractivity contribution in [2.45, 2.75) is 11.7 Å². The Morgan fingerprint density at radius 2 is 1.26 bits per heavy atom. The van der Waals surface area contributed by atoms with E-state index in [2.05, 4.69) is 0 Å². The van der Waals surface area contributed by atoms with Crippen LogP contribution >= 0.6 is 11.6 Å². The normalized spacial score (nSPS) is 13.3. The van der Waals surface area contributed by atoms with Gasteiger partial charge in [-0.15, -0.1) is 0 Å². The zero-order valence-corrected chi connectivity index (χ0v) is 10.4. The predicted octanol–water partition coefficient (Wildman–Crippen LogP) is 4.60. The van der Waals surface area contributed by atoms with Gasteiger partial charge in [0.15, 0.2) is 5.56 Å². The first-order valence-corrected chi connectivity index (χ1v) is 5.91. The minimum absolute atomic E-state index is 0.539. The Bertz CT molecular complexity index is 544. The molecule has 0 aliphatic heterocycles. The van der Waals surface area contributed by atoms with Crippen molar-refractivity contribution in [3.8, 4) is 11.1 Å². The van der Waals surface area contributed by atoms with Gasteiger partial charge in [0.05, 0.1) is 5.56 Å². The van der Waals surface area contributed by atoms with E-state index < -0.39 is 17.3 Å². The number of rotatable bonds is 2. The summed E-state index contributed by atoms with van der Waals surface area (Å²) >= 11 is 5.50. The molecule has 0 aliphatic carbocycles. The number of aliphatic hydroxyl groups is 1. The topological polar surface area (TPSA) is 20.2 Å². The molecule has 2 rings (SSSR count). The van der Waals surface area contributed by atoms with Crippen LogP contribution in [0.25, 0.3) is 11.1 Å². The van der Waals surface area contributed by atoms with Gasteiger partial charge in [0.25, 0.3) is 0 Å². The summed E-state index contributed by atoms with van der Waals surface area (Å²) < 4.78 is 37.3. The number of alkyl halides is 4. The van der Waals surface area contributed by atoms with Gasteiger partial charge in [-0.1, -0.05) is 48.0 Å². The molecule has 0 fully saturated rings. The number of benzene rings is 2. The molecule has 0 heterocycles. The Morgan fingerprint density at radius 3 is 1.63 bits per heavy atom. The van der Waals surface area contributed by atoms with Crippen molar-refractivity contribution in [1.82, 2.24) is 0 Å². The average Bonchev–Trinajstić information content (AvgIpc) is 2.38. The van der Waals surface area contributed by atoms with E-state index in [-0.39, 0.29) is 0 Å². The molecule has 0 saturated heterocycles. The first-order valence-electron chi connectivity index (χ1n) is 5.47. The van der Waals surface area contributed by atoms with Crippen molar-refractivity contribution in [3.05, 3.63) is 59.7 Å². The van der Waals surface area contributed by atoms with Crippen LogP contribution in [0.5, 0.6) is 0 Å². The van der Waals surface area contributed by atoms with Crippen LogP contribution < -0.4 is 0 Å². The smallest absolute Gasteiger partial charge is 0.373 e. The van der Waals surface area contributed by atoms with E-state index in [0.29, 0.717) is 11.1 Å². The molecule has 0 saturated carbocycles. The van der Waals surface area contributed by atoms with Gasteiger partial charge in [0, 0.05) is 0 Å². The largest absolute Gasteiger partial charge is 0.416 e. The molecule has 1 atom stereocenters. The molecule has 5 heteroatoms. The third-order valence-electron chi connectivity index (χ3n) is 2.73. The summed E-state index contributed by atoms with van der Waals surface area (Å²) in [5, 5.41) is 9.15. The molecule has 0 aromatic heterocycles. The highest BCUT2D eigenvalue weighted by atomic mass is 35.5. The van der Waals surface area contributed by atoms with Gasteiger partial charge >= 0.3 is 6.18 Å². The second kappa shape index (κ2) is 5.23.